The SMILES string of the molecule is COc1ccc(-c2c(Cl)c(CCl)nc3sc4c(c23)C([C@H]2C(=O)OCC2(C)C)C[C@H](C(=O)O)C4)cc1. The molecule has 3 atom stereocenters. The quantitative estimate of drug-likeness (QED) is 0.306. The van der Waals surface area contributed by atoms with Gasteiger partial charge in [-0.2, -0.15) is 0 Å². The van der Waals surface area contributed by atoms with Gasteiger partial charge in [0.05, 0.1) is 42.1 Å². The molecule has 1 aromatic carbocycles. The van der Waals surface area contributed by atoms with E-state index in [0.29, 0.717) is 30.2 Å². The van der Waals surface area contributed by atoms with E-state index in [4.69, 9.17) is 37.7 Å². The number of methoxy groups -OCH3 is 1. The molecule has 0 amide bonds. The van der Waals surface area contributed by atoms with E-state index in [1.54, 1.807) is 7.11 Å². The van der Waals surface area contributed by atoms with Gasteiger partial charge in [-0.05, 0) is 36.1 Å². The summed E-state index contributed by atoms with van der Waals surface area (Å²) in [5.74, 6) is -1.64. The molecule has 9 heteroatoms. The lowest BCUT2D eigenvalue weighted by molar-refractivity contribution is -0.145. The second kappa shape index (κ2) is 8.95. The zero-order chi connectivity index (χ0) is 25.1. The Morgan fingerprint density at radius 3 is 2.60 bits per heavy atom. The smallest absolute Gasteiger partial charge is 0.310 e. The van der Waals surface area contributed by atoms with Crippen molar-refractivity contribution in [3.05, 3.63) is 45.4 Å². The molecule has 1 N–H and O–H groups in total. The van der Waals surface area contributed by atoms with Crippen LogP contribution >= 0.6 is 34.5 Å². The number of carboxylic acids is 1. The lowest BCUT2D eigenvalue weighted by atomic mass is 9.65. The first-order valence-electron chi connectivity index (χ1n) is 11.4. The van der Waals surface area contributed by atoms with Gasteiger partial charge in [0.15, 0.2) is 0 Å². The number of rotatable bonds is 5. The van der Waals surface area contributed by atoms with Crippen LogP contribution < -0.4 is 4.74 Å². The second-order valence-electron chi connectivity index (χ2n) is 9.88. The highest BCUT2D eigenvalue weighted by atomic mass is 35.5. The fraction of sp³-hybridized carbons (Fsp3) is 0.423. The van der Waals surface area contributed by atoms with Gasteiger partial charge in [0.2, 0.25) is 0 Å². The number of aliphatic carboxylic acids is 1. The molecule has 6 nitrogen and oxygen atoms in total. The number of pyridine rings is 1. The number of fused-ring (bicyclic) bond motifs is 3. The molecule has 3 heterocycles. The van der Waals surface area contributed by atoms with E-state index in [1.807, 2.05) is 38.1 Å². The summed E-state index contributed by atoms with van der Waals surface area (Å²) in [5, 5.41) is 11.3. The van der Waals surface area contributed by atoms with Gasteiger partial charge >= 0.3 is 11.9 Å². The van der Waals surface area contributed by atoms with Crippen molar-refractivity contribution in [1.82, 2.24) is 4.98 Å². The summed E-state index contributed by atoms with van der Waals surface area (Å²) in [6.07, 6.45) is 0.745. The highest BCUT2D eigenvalue weighted by molar-refractivity contribution is 7.19. The zero-order valence-corrected chi connectivity index (χ0v) is 21.9. The highest BCUT2D eigenvalue weighted by Crippen LogP contribution is 2.55. The number of nitrogens with zero attached hydrogens (tertiary/aromatic N) is 1. The topological polar surface area (TPSA) is 85.7 Å². The van der Waals surface area contributed by atoms with Crippen LogP contribution in [0.5, 0.6) is 5.75 Å². The summed E-state index contributed by atoms with van der Waals surface area (Å²) in [6, 6.07) is 7.61. The van der Waals surface area contributed by atoms with Gasteiger partial charge in [-0.1, -0.05) is 37.6 Å². The minimum absolute atomic E-state index is 0.143. The molecular weight excluding hydrogens is 509 g/mol. The molecule has 1 saturated heterocycles. The number of benzene rings is 1. The van der Waals surface area contributed by atoms with Crippen molar-refractivity contribution >= 4 is 56.7 Å². The molecule has 1 unspecified atom stereocenters. The summed E-state index contributed by atoms with van der Waals surface area (Å²) in [5.41, 5.74) is 2.79. The van der Waals surface area contributed by atoms with Crippen molar-refractivity contribution in [1.29, 1.82) is 0 Å². The van der Waals surface area contributed by atoms with Crippen LogP contribution in [0.1, 0.15) is 42.3 Å². The van der Waals surface area contributed by atoms with Crippen molar-refractivity contribution in [2.24, 2.45) is 17.3 Å². The molecule has 3 aromatic rings. The Morgan fingerprint density at radius 2 is 2.03 bits per heavy atom. The third kappa shape index (κ3) is 3.98. The van der Waals surface area contributed by atoms with Gasteiger partial charge < -0.3 is 14.6 Å². The van der Waals surface area contributed by atoms with Crippen LogP contribution in [0.2, 0.25) is 5.02 Å². The van der Waals surface area contributed by atoms with Crippen molar-refractivity contribution in [3.63, 3.8) is 0 Å². The molecule has 1 aliphatic carbocycles. The number of carboxylic acid groups (broad SMARTS) is 1. The van der Waals surface area contributed by atoms with E-state index in [9.17, 15) is 14.7 Å². The average Bonchev–Trinajstić information content (AvgIpc) is 3.33. The zero-order valence-electron chi connectivity index (χ0n) is 19.6. The normalized spacial score (nSPS) is 23.2. The van der Waals surface area contributed by atoms with E-state index >= 15 is 0 Å². The molecule has 2 aliphatic rings. The van der Waals surface area contributed by atoms with Gasteiger partial charge in [-0.25, -0.2) is 4.98 Å². The summed E-state index contributed by atoms with van der Waals surface area (Å²) in [7, 11) is 1.61. The number of hydrogen-bond acceptors (Lipinski definition) is 6. The molecular formula is C26H25Cl2NO5S. The third-order valence-corrected chi connectivity index (χ3v) is 9.03. The number of aromatic nitrogens is 1. The monoisotopic (exact) mass is 533 g/mol. The van der Waals surface area contributed by atoms with E-state index in [2.05, 4.69) is 0 Å². The molecule has 1 fully saturated rings. The number of esters is 1. The highest BCUT2D eigenvalue weighted by Gasteiger charge is 2.52. The molecule has 35 heavy (non-hydrogen) atoms. The summed E-state index contributed by atoms with van der Waals surface area (Å²) < 4.78 is 10.8. The van der Waals surface area contributed by atoms with Gasteiger partial charge in [0.25, 0.3) is 0 Å². The van der Waals surface area contributed by atoms with Crippen molar-refractivity contribution in [2.45, 2.75) is 38.5 Å². The maximum Gasteiger partial charge on any atom is 0.310 e. The van der Waals surface area contributed by atoms with Gasteiger partial charge in [-0.3, -0.25) is 9.59 Å². The first-order valence-corrected chi connectivity index (χ1v) is 13.1. The fourth-order valence-corrected chi connectivity index (χ4v) is 7.50. The minimum atomic E-state index is -0.856. The Hall–Kier alpha value is -2.35. The van der Waals surface area contributed by atoms with Crippen LogP contribution in [0, 0.1) is 17.3 Å². The van der Waals surface area contributed by atoms with Crippen LogP contribution in [-0.2, 0) is 26.6 Å². The molecule has 184 valence electrons. The Morgan fingerprint density at radius 1 is 1.31 bits per heavy atom. The van der Waals surface area contributed by atoms with Gasteiger partial charge in [-0.15, -0.1) is 22.9 Å². The fourth-order valence-electron chi connectivity index (χ4n) is 5.57. The van der Waals surface area contributed by atoms with Gasteiger partial charge in [0, 0.05) is 27.2 Å². The van der Waals surface area contributed by atoms with E-state index in [1.165, 1.54) is 11.3 Å². The summed E-state index contributed by atoms with van der Waals surface area (Å²) in [4.78, 5) is 31.6. The molecule has 0 radical (unpaired) electrons. The Kier molecular flexibility index (Phi) is 6.22. The minimum Gasteiger partial charge on any atom is -0.497 e. The standard InChI is InChI=1S/C26H25Cl2NO5S/c1-26(2)11-34-25(32)21(26)15-8-13(24(30)31)9-17-19(15)20-18(12-4-6-14(33-3)7-5-12)22(28)16(10-27)29-23(20)35-17/h4-7,13,15,21H,8-11H2,1-3H3,(H,30,31)/t13-,15?,21-/m0/s1. The van der Waals surface area contributed by atoms with E-state index in [0.717, 1.165) is 37.5 Å². The maximum atomic E-state index is 13.0. The molecule has 5 rings (SSSR count). The number of alkyl halides is 1. The van der Waals surface area contributed by atoms with Crippen LogP contribution in [0.15, 0.2) is 24.3 Å². The van der Waals surface area contributed by atoms with Crippen LogP contribution in [0.25, 0.3) is 21.3 Å². The number of halogens is 2. The summed E-state index contributed by atoms with van der Waals surface area (Å²) in [6.45, 7) is 4.31. The second-order valence-corrected chi connectivity index (χ2v) is 11.6. The molecule has 1 aliphatic heterocycles. The number of ether oxygens (including phenoxy) is 2. The van der Waals surface area contributed by atoms with E-state index in [-0.39, 0.29) is 17.8 Å². The van der Waals surface area contributed by atoms with E-state index < -0.39 is 23.2 Å². The Labute approximate surface area is 217 Å². The Balaban J connectivity index is 1.82. The number of carbonyl (C=O) groups is 2. The number of hydrogen-bond donors (Lipinski definition) is 1. The van der Waals surface area contributed by atoms with Crippen LogP contribution in [-0.4, -0.2) is 35.7 Å². The molecule has 0 saturated carbocycles. The lowest BCUT2D eigenvalue weighted by Gasteiger charge is -2.35. The first-order chi connectivity index (χ1) is 16.7. The largest absolute Gasteiger partial charge is 0.497 e. The number of cyclic esters (lactones) is 1. The van der Waals surface area contributed by atoms with Crippen molar-refractivity contribution in [2.75, 3.05) is 13.7 Å². The molecule has 2 aromatic heterocycles. The molecule has 0 bridgehead atoms. The predicted octanol–water partition coefficient (Wildman–Crippen LogP) is 6.29. The Bertz CT molecular complexity index is 1330. The lowest BCUT2D eigenvalue weighted by Crippen LogP contribution is -2.35. The van der Waals surface area contributed by atoms with Gasteiger partial charge in [0.1, 0.15) is 10.6 Å². The average molecular weight is 534 g/mol. The maximum absolute atomic E-state index is 13.0. The predicted molar refractivity (Wildman–Crippen MR) is 137 cm³/mol. The van der Waals surface area contributed by atoms with Crippen molar-refractivity contribution in [3.8, 4) is 16.9 Å². The third-order valence-electron chi connectivity index (χ3n) is 7.24. The number of carbonyl (C=O) groups excluding carboxylic acids is 1. The van der Waals surface area contributed by atoms with Crippen LogP contribution in [0.3, 0.4) is 0 Å². The molecule has 0 spiro atoms. The first kappa shape index (κ1) is 24.3. The van der Waals surface area contributed by atoms with Crippen molar-refractivity contribution < 1.29 is 24.2 Å². The number of thiophene rings is 1. The van der Waals surface area contributed by atoms with Crippen LogP contribution in [0.4, 0.5) is 0 Å². The summed E-state index contributed by atoms with van der Waals surface area (Å²) >= 11 is 14.6.